The first-order chi connectivity index (χ1) is 6.54. The van der Waals surface area contributed by atoms with E-state index in [4.69, 9.17) is 0 Å². The van der Waals surface area contributed by atoms with Crippen LogP contribution in [0.5, 0.6) is 0 Å². The van der Waals surface area contributed by atoms with Crippen LogP contribution in [-0.2, 0) is 0 Å². The van der Waals surface area contributed by atoms with E-state index >= 15 is 0 Å². The Balaban J connectivity index is 3.04. The predicted molar refractivity (Wildman–Crippen MR) is 59.7 cm³/mol. The van der Waals surface area contributed by atoms with E-state index in [9.17, 15) is 0 Å². The summed E-state index contributed by atoms with van der Waals surface area (Å²) >= 11 is 0. The Kier molecular flexibility index (Phi) is 3.44. The predicted octanol–water partition coefficient (Wildman–Crippen LogP) is 2.33. The molecule has 0 amide bonds. The van der Waals surface area contributed by atoms with Gasteiger partial charge in [0, 0.05) is 24.0 Å². The van der Waals surface area contributed by atoms with Crippen molar-refractivity contribution in [3.63, 3.8) is 0 Å². The molecule has 0 fully saturated rings. The highest BCUT2D eigenvalue weighted by molar-refractivity contribution is 5.32. The van der Waals surface area contributed by atoms with Gasteiger partial charge in [-0.25, -0.2) is 9.97 Å². The lowest BCUT2D eigenvalue weighted by Gasteiger charge is -2.25. The molecule has 3 heteroatoms. The lowest BCUT2D eigenvalue weighted by molar-refractivity contribution is 0.677. The molecule has 1 rings (SSSR count). The van der Waals surface area contributed by atoms with Gasteiger partial charge in [0.2, 0.25) is 5.95 Å². The lowest BCUT2D eigenvalue weighted by atomic mass is 10.3. The zero-order chi connectivity index (χ0) is 10.7. The maximum absolute atomic E-state index is 4.44. The molecule has 3 nitrogen and oxygen atoms in total. The second-order valence-electron chi connectivity index (χ2n) is 3.83. The highest BCUT2D eigenvalue weighted by atomic mass is 15.3. The Morgan fingerprint density at radius 1 is 1.21 bits per heavy atom. The molecule has 78 valence electrons. The average molecular weight is 193 g/mol. The summed E-state index contributed by atoms with van der Waals surface area (Å²) < 4.78 is 0. The molecule has 0 radical (unpaired) electrons. The SMILES string of the molecule is CCN(c1nc(C)cc(C)n1)C(C)C. The summed E-state index contributed by atoms with van der Waals surface area (Å²) in [4.78, 5) is 11.1. The van der Waals surface area contributed by atoms with Crippen molar-refractivity contribution in [2.75, 3.05) is 11.4 Å². The van der Waals surface area contributed by atoms with Gasteiger partial charge >= 0.3 is 0 Å². The van der Waals surface area contributed by atoms with E-state index in [1.54, 1.807) is 0 Å². The number of aromatic nitrogens is 2. The molecular formula is C11H19N3. The molecule has 0 unspecified atom stereocenters. The molecule has 0 aliphatic heterocycles. The van der Waals surface area contributed by atoms with Gasteiger partial charge < -0.3 is 4.90 Å². The van der Waals surface area contributed by atoms with Crippen LogP contribution in [0.15, 0.2) is 6.07 Å². The fourth-order valence-corrected chi connectivity index (χ4v) is 1.57. The summed E-state index contributed by atoms with van der Waals surface area (Å²) in [5, 5.41) is 0. The fraction of sp³-hybridized carbons (Fsp3) is 0.636. The van der Waals surface area contributed by atoms with E-state index in [0.717, 1.165) is 23.9 Å². The normalized spacial score (nSPS) is 10.7. The van der Waals surface area contributed by atoms with Crippen LogP contribution in [-0.4, -0.2) is 22.6 Å². The Labute approximate surface area is 86.2 Å². The van der Waals surface area contributed by atoms with Crippen LogP contribution in [0, 0.1) is 13.8 Å². The van der Waals surface area contributed by atoms with Crippen molar-refractivity contribution in [1.29, 1.82) is 0 Å². The summed E-state index contributed by atoms with van der Waals surface area (Å²) in [5.74, 6) is 0.847. The summed E-state index contributed by atoms with van der Waals surface area (Å²) in [7, 11) is 0. The van der Waals surface area contributed by atoms with Crippen molar-refractivity contribution >= 4 is 5.95 Å². The number of rotatable bonds is 3. The topological polar surface area (TPSA) is 29.0 Å². The molecule has 0 N–H and O–H groups in total. The molecule has 1 heterocycles. The second kappa shape index (κ2) is 4.40. The fourth-order valence-electron chi connectivity index (χ4n) is 1.57. The molecule has 1 aromatic heterocycles. The van der Waals surface area contributed by atoms with E-state index in [1.165, 1.54) is 0 Å². The quantitative estimate of drug-likeness (QED) is 0.737. The van der Waals surface area contributed by atoms with Crippen LogP contribution in [0.1, 0.15) is 32.2 Å². The number of nitrogens with zero attached hydrogens (tertiary/aromatic N) is 3. The Morgan fingerprint density at radius 2 is 1.71 bits per heavy atom. The van der Waals surface area contributed by atoms with Crippen molar-refractivity contribution in [2.45, 2.75) is 40.7 Å². The largest absolute Gasteiger partial charge is 0.339 e. The van der Waals surface area contributed by atoms with Crippen LogP contribution in [0.3, 0.4) is 0 Å². The summed E-state index contributed by atoms with van der Waals surface area (Å²) in [6.07, 6.45) is 0. The van der Waals surface area contributed by atoms with Crippen LogP contribution >= 0.6 is 0 Å². The van der Waals surface area contributed by atoms with Gasteiger partial charge in [0.25, 0.3) is 0 Å². The van der Waals surface area contributed by atoms with Crippen molar-refractivity contribution < 1.29 is 0 Å². The highest BCUT2D eigenvalue weighted by Crippen LogP contribution is 2.12. The van der Waals surface area contributed by atoms with Crippen LogP contribution in [0.4, 0.5) is 5.95 Å². The lowest BCUT2D eigenvalue weighted by Crippen LogP contribution is -2.32. The molecule has 0 saturated heterocycles. The van der Waals surface area contributed by atoms with Crippen LogP contribution in [0.25, 0.3) is 0 Å². The monoisotopic (exact) mass is 193 g/mol. The van der Waals surface area contributed by atoms with Gasteiger partial charge in [-0.15, -0.1) is 0 Å². The van der Waals surface area contributed by atoms with Gasteiger partial charge in [0.1, 0.15) is 0 Å². The molecular weight excluding hydrogens is 174 g/mol. The molecule has 0 aliphatic rings. The van der Waals surface area contributed by atoms with E-state index in [0.29, 0.717) is 6.04 Å². The van der Waals surface area contributed by atoms with Crippen molar-refractivity contribution in [3.8, 4) is 0 Å². The van der Waals surface area contributed by atoms with Gasteiger partial charge in [-0.1, -0.05) is 0 Å². The van der Waals surface area contributed by atoms with Crippen molar-refractivity contribution in [2.24, 2.45) is 0 Å². The molecule has 14 heavy (non-hydrogen) atoms. The zero-order valence-corrected chi connectivity index (χ0v) is 9.70. The van der Waals surface area contributed by atoms with E-state index in [1.807, 2.05) is 19.9 Å². The average Bonchev–Trinajstić information content (AvgIpc) is 2.02. The highest BCUT2D eigenvalue weighted by Gasteiger charge is 2.11. The standard InChI is InChI=1S/C11H19N3/c1-6-14(8(2)3)11-12-9(4)7-10(5)13-11/h7-8H,6H2,1-5H3. The summed E-state index contributed by atoms with van der Waals surface area (Å²) in [5.41, 5.74) is 2.07. The van der Waals surface area contributed by atoms with Gasteiger partial charge in [-0.3, -0.25) is 0 Å². The number of hydrogen-bond donors (Lipinski definition) is 0. The number of anilines is 1. The molecule has 0 atom stereocenters. The Morgan fingerprint density at radius 3 is 2.07 bits per heavy atom. The molecule has 0 aromatic carbocycles. The first kappa shape index (κ1) is 11.0. The van der Waals surface area contributed by atoms with Crippen LogP contribution in [0.2, 0.25) is 0 Å². The molecule has 0 bridgehead atoms. The summed E-state index contributed by atoms with van der Waals surface area (Å²) in [6.45, 7) is 11.4. The first-order valence-electron chi connectivity index (χ1n) is 5.13. The third kappa shape index (κ3) is 2.44. The number of hydrogen-bond acceptors (Lipinski definition) is 3. The van der Waals surface area contributed by atoms with Gasteiger partial charge in [-0.2, -0.15) is 0 Å². The zero-order valence-electron chi connectivity index (χ0n) is 9.70. The molecule has 0 aliphatic carbocycles. The van der Waals surface area contributed by atoms with Gasteiger partial charge in [0.15, 0.2) is 0 Å². The minimum absolute atomic E-state index is 0.446. The minimum atomic E-state index is 0.446. The molecule has 0 spiro atoms. The second-order valence-corrected chi connectivity index (χ2v) is 3.83. The van der Waals surface area contributed by atoms with E-state index < -0.39 is 0 Å². The van der Waals surface area contributed by atoms with E-state index in [2.05, 4.69) is 35.6 Å². The first-order valence-corrected chi connectivity index (χ1v) is 5.13. The van der Waals surface area contributed by atoms with Gasteiger partial charge in [0.05, 0.1) is 0 Å². The van der Waals surface area contributed by atoms with E-state index in [-0.39, 0.29) is 0 Å². The van der Waals surface area contributed by atoms with Crippen molar-refractivity contribution in [1.82, 2.24) is 9.97 Å². The minimum Gasteiger partial charge on any atom is -0.339 e. The third-order valence-corrected chi connectivity index (χ3v) is 2.19. The molecule has 0 saturated carbocycles. The summed E-state index contributed by atoms with van der Waals surface area (Å²) in [6, 6.07) is 2.44. The van der Waals surface area contributed by atoms with Crippen molar-refractivity contribution in [3.05, 3.63) is 17.5 Å². The van der Waals surface area contributed by atoms with Gasteiger partial charge in [-0.05, 0) is 40.7 Å². The Hall–Kier alpha value is -1.12. The maximum atomic E-state index is 4.44. The number of aryl methyl sites for hydroxylation is 2. The van der Waals surface area contributed by atoms with Crippen LogP contribution < -0.4 is 4.90 Å². The smallest absolute Gasteiger partial charge is 0.225 e. The Bertz CT molecular complexity index is 287. The third-order valence-electron chi connectivity index (χ3n) is 2.19. The maximum Gasteiger partial charge on any atom is 0.225 e. The molecule has 1 aromatic rings.